The molecule has 0 bridgehead atoms. The molecule has 3 aromatic rings. The molecule has 9 nitrogen and oxygen atoms in total. The molecule has 1 saturated heterocycles. The number of rotatable bonds is 4. The quantitative estimate of drug-likeness (QED) is 0.337. The standard InChI is InChI=1S/C27H27ClF4N6O3/c1-26(2,3)41-25(40)37-9-13(10-37)34-22-21(32)18-14(8-33-22)24(39)38(23-17(30)11-36(5)35-23)12-27(18,4)15-6-7-16(29)19(28)20(15)31/h6-8,11,13H,9-10,12H2,1-5H3,(H,33,34). The molecule has 0 saturated carbocycles. The Kier molecular flexibility index (Phi) is 6.91. The summed E-state index contributed by atoms with van der Waals surface area (Å²) in [5.74, 6) is -5.32. The molecule has 1 N–H and O–H groups in total. The number of benzene rings is 1. The van der Waals surface area contributed by atoms with E-state index in [9.17, 15) is 18.4 Å². The highest BCUT2D eigenvalue weighted by Gasteiger charge is 2.48. The first-order chi connectivity index (χ1) is 19.1. The average Bonchev–Trinajstić information content (AvgIpc) is 3.18. The molecule has 218 valence electrons. The van der Waals surface area contributed by atoms with E-state index in [4.69, 9.17) is 16.3 Å². The maximum absolute atomic E-state index is 16.3. The molecule has 0 aliphatic carbocycles. The number of fused-ring (bicyclic) bond motifs is 1. The number of hydrogen-bond acceptors (Lipinski definition) is 6. The van der Waals surface area contributed by atoms with E-state index in [1.54, 1.807) is 20.8 Å². The average molecular weight is 595 g/mol. The van der Waals surface area contributed by atoms with E-state index in [2.05, 4.69) is 15.4 Å². The third kappa shape index (κ3) is 4.96. The minimum absolute atomic E-state index is 0.207. The van der Waals surface area contributed by atoms with Gasteiger partial charge in [-0.05, 0) is 33.8 Å². The molecule has 1 atom stereocenters. The number of nitrogens with one attached hydrogen (secondary N) is 1. The predicted molar refractivity (Wildman–Crippen MR) is 142 cm³/mol. The minimum atomic E-state index is -1.68. The number of carbonyl (C=O) groups excluding carboxylic acids is 2. The second-order valence-corrected chi connectivity index (χ2v) is 11.7. The van der Waals surface area contributed by atoms with Crippen molar-refractivity contribution in [2.24, 2.45) is 7.05 Å². The molecule has 5 rings (SSSR count). The second kappa shape index (κ2) is 9.89. The van der Waals surface area contributed by atoms with Crippen molar-refractivity contribution in [3.63, 3.8) is 0 Å². The molecule has 0 radical (unpaired) electrons. The van der Waals surface area contributed by atoms with Crippen LogP contribution in [-0.4, -0.2) is 62.9 Å². The fourth-order valence-corrected chi connectivity index (χ4v) is 5.28. The summed E-state index contributed by atoms with van der Waals surface area (Å²) in [5.41, 5.74) is -3.05. The third-order valence-electron chi connectivity index (χ3n) is 7.05. The second-order valence-electron chi connectivity index (χ2n) is 11.4. The Hall–Kier alpha value is -3.87. The van der Waals surface area contributed by atoms with Gasteiger partial charge in [-0.25, -0.2) is 27.3 Å². The van der Waals surface area contributed by atoms with Gasteiger partial charge in [-0.2, -0.15) is 5.10 Å². The van der Waals surface area contributed by atoms with Crippen LogP contribution in [0, 0.1) is 23.3 Å². The smallest absolute Gasteiger partial charge is 0.410 e. The first-order valence-corrected chi connectivity index (χ1v) is 13.1. The molecule has 0 spiro atoms. The van der Waals surface area contributed by atoms with Crippen LogP contribution in [0.25, 0.3) is 0 Å². The summed E-state index contributed by atoms with van der Waals surface area (Å²) in [7, 11) is 1.46. The zero-order chi connectivity index (χ0) is 30.0. The summed E-state index contributed by atoms with van der Waals surface area (Å²) < 4.78 is 67.1. The number of nitrogens with zero attached hydrogens (tertiary/aromatic N) is 5. The van der Waals surface area contributed by atoms with Gasteiger partial charge in [0.05, 0.1) is 17.8 Å². The fourth-order valence-electron chi connectivity index (χ4n) is 5.11. The maximum Gasteiger partial charge on any atom is 0.410 e. The largest absolute Gasteiger partial charge is 0.444 e. The number of aromatic nitrogens is 3. The molecule has 41 heavy (non-hydrogen) atoms. The number of pyridine rings is 1. The monoisotopic (exact) mass is 594 g/mol. The van der Waals surface area contributed by atoms with E-state index in [-0.39, 0.29) is 47.5 Å². The van der Waals surface area contributed by atoms with Crippen LogP contribution in [0.5, 0.6) is 0 Å². The van der Waals surface area contributed by atoms with Crippen LogP contribution in [-0.2, 0) is 17.2 Å². The van der Waals surface area contributed by atoms with Crippen molar-refractivity contribution in [3.8, 4) is 0 Å². The van der Waals surface area contributed by atoms with Gasteiger partial charge in [-0.15, -0.1) is 0 Å². The topological polar surface area (TPSA) is 92.6 Å². The van der Waals surface area contributed by atoms with Crippen LogP contribution in [0.1, 0.15) is 49.2 Å². The number of ether oxygens (including phenoxy) is 1. The number of anilines is 2. The van der Waals surface area contributed by atoms with Gasteiger partial charge in [0, 0.05) is 49.4 Å². The molecule has 4 heterocycles. The zero-order valence-electron chi connectivity index (χ0n) is 22.9. The Balaban J connectivity index is 1.55. The molecular formula is C27H27ClF4N6O3. The Morgan fingerprint density at radius 1 is 1.15 bits per heavy atom. The van der Waals surface area contributed by atoms with Gasteiger partial charge < -0.3 is 15.0 Å². The normalized spacial score (nSPS) is 19.2. The van der Waals surface area contributed by atoms with Crippen molar-refractivity contribution in [1.29, 1.82) is 0 Å². The van der Waals surface area contributed by atoms with Gasteiger partial charge in [-0.1, -0.05) is 17.7 Å². The van der Waals surface area contributed by atoms with E-state index < -0.39 is 57.9 Å². The zero-order valence-corrected chi connectivity index (χ0v) is 23.6. The molecule has 2 aliphatic heterocycles. The number of hydrogen-bond donors (Lipinski definition) is 1. The van der Waals surface area contributed by atoms with E-state index in [1.165, 1.54) is 18.9 Å². The van der Waals surface area contributed by atoms with Gasteiger partial charge in [0.15, 0.2) is 23.3 Å². The van der Waals surface area contributed by atoms with Crippen molar-refractivity contribution >= 4 is 35.2 Å². The van der Waals surface area contributed by atoms with Crippen LogP contribution in [0.15, 0.2) is 24.5 Å². The predicted octanol–water partition coefficient (Wildman–Crippen LogP) is 5.02. The van der Waals surface area contributed by atoms with E-state index in [0.717, 1.165) is 34.1 Å². The summed E-state index contributed by atoms with van der Waals surface area (Å²) in [5, 5.41) is 6.13. The van der Waals surface area contributed by atoms with E-state index >= 15 is 8.78 Å². The number of likely N-dealkylation sites (tertiary alicyclic amines) is 1. The summed E-state index contributed by atoms with van der Waals surface area (Å²) in [4.78, 5) is 32.3. The summed E-state index contributed by atoms with van der Waals surface area (Å²) in [6, 6.07) is 1.66. The lowest BCUT2D eigenvalue weighted by Crippen LogP contribution is -2.58. The van der Waals surface area contributed by atoms with Crippen molar-refractivity contribution in [1.82, 2.24) is 19.7 Å². The fraction of sp³-hybridized carbons (Fsp3) is 0.407. The molecule has 2 aliphatic rings. The third-order valence-corrected chi connectivity index (χ3v) is 7.39. The van der Waals surface area contributed by atoms with Crippen LogP contribution in [0.4, 0.5) is 34.0 Å². The van der Waals surface area contributed by atoms with Crippen LogP contribution in [0.3, 0.4) is 0 Å². The first-order valence-electron chi connectivity index (χ1n) is 12.7. The maximum atomic E-state index is 16.3. The minimum Gasteiger partial charge on any atom is -0.444 e. The van der Waals surface area contributed by atoms with Crippen molar-refractivity contribution in [2.75, 3.05) is 29.9 Å². The van der Waals surface area contributed by atoms with Crippen LogP contribution < -0.4 is 10.2 Å². The van der Waals surface area contributed by atoms with Gasteiger partial charge in [0.2, 0.25) is 0 Å². The highest BCUT2D eigenvalue weighted by molar-refractivity contribution is 6.31. The van der Waals surface area contributed by atoms with Gasteiger partial charge in [-0.3, -0.25) is 14.4 Å². The lowest BCUT2D eigenvalue weighted by Gasteiger charge is -2.42. The Morgan fingerprint density at radius 3 is 2.44 bits per heavy atom. The Morgan fingerprint density at radius 2 is 1.83 bits per heavy atom. The van der Waals surface area contributed by atoms with Crippen molar-refractivity contribution in [3.05, 3.63) is 69.5 Å². The van der Waals surface area contributed by atoms with Gasteiger partial charge in [0.1, 0.15) is 22.3 Å². The first kappa shape index (κ1) is 28.7. The highest BCUT2D eigenvalue weighted by atomic mass is 35.5. The summed E-state index contributed by atoms with van der Waals surface area (Å²) in [6.07, 6.45) is 1.65. The molecule has 1 fully saturated rings. The van der Waals surface area contributed by atoms with Crippen LogP contribution in [0.2, 0.25) is 5.02 Å². The molecule has 2 amide bonds. The number of carbonyl (C=O) groups is 2. The van der Waals surface area contributed by atoms with E-state index in [1.807, 2.05) is 0 Å². The van der Waals surface area contributed by atoms with Crippen molar-refractivity contribution in [2.45, 2.75) is 44.8 Å². The lowest BCUT2D eigenvalue weighted by atomic mass is 9.71. The Bertz CT molecular complexity index is 1570. The van der Waals surface area contributed by atoms with Crippen molar-refractivity contribution < 1.29 is 31.9 Å². The molecule has 1 unspecified atom stereocenters. The molecule has 14 heteroatoms. The lowest BCUT2D eigenvalue weighted by molar-refractivity contribution is 0.0104. The van der Waals surface area contributed by atoms with Gasteiger partial charge in [0.25, 0.3) is 5.91 Å². The van der Waals surface area contributed by atoms with Gasteiger partial charge >= 0.3 is 6.09 Å². The van der Waals surface area contributed by atoms with Crippen LogP contribution >= 0.6 is 11.6 Å². The number of aryl methyl sites for hydroxylation is 1. The number of amides is 2. The summed E-state index contributed by atoms with van der Waals surface area (Å²) >= 11 is 5.88. The Labute approximate surface area is 238 Å². The molecule has 1 aromatic carbocycles. The summed E-state index contributed by atoms with van der Waals surface area (Å²) in [6.45, 7) is 6.64. The SMILES string of the molecule is Cn1cc(F)c(N2CC(C)(c3ccc(F)c(Cl)c3F)c3c(cnc(NC4CN(C(=O)OC(C)(C)C)C4)c3F)C2=O)n1. The molecule has 2 aromatic heterocycles. The van der Waals surface area contributed by atoms with E-state index in [0.29, 0.717) is 0 Å². The molecular weight excluding hydrogens is 568 g/mol. The number of halogens is 5. The highest BCUT2D eigenvalue weighted by Crippen LogP contribution is 2.45.